The third-order valence-electron chi connectivity index (χ3n) is 4.22. The topological polar surface area (TPSA) is 69.7 Å². The highest BCUT2D eigenvalue weighted by molar-refractivity contribution is 8.13. The van der Waals surface area contributed by atoms with Crippen LogP contribution in [0.5, 0.6) is 0 Å². The van der Waals surface area contributed by atoms with Crippen molar-refractivity contribution in [3.05, 3.63) is 65.7 Å². The van der Waals surface area contributed by atoms with E-state index in [0.29, 0.717) is 6.42 Å². The standard InChI is InChI=1S/C20H21N3O3S/c1-22(2)20(26)27-16-10-8-15(9-11-16)13-23-18(24)17(21-19(23)25)12-14-6-4-3-5-7-14/h3-11,17H,12-13H2,1-2H3,(H,21,25). The number of hydrogen-bond acceptors (Lipinski definition) is 4. The van der Waals surface area contributed by atoms with Gasteiger partial charge in [0.15, 0.2) is 0 Å². The first-order chi connectivity index (χ1) is 12.9. The highest BCUT2D eigenvalue weighted by Crippen LogP contribution is 2.22. The summed E-state index contributed by atoms with van der Waals surface area (Å²) < 4.78 is 0. The molecule has 1 aliphatic heterocycles. The molecule has 0 aromatic heterocycles. The number of amides is 4. The zero-order valence-electron chi connectivity index (χ0n) is 15.2. The van der Waals surface area contributed by atoms with E-state index in [9.17, 15) is 14.4 Å². The molecule has 0 saturated carbocycles. The molecule has 3 rings (SSSR count). The van der Waals surface area contributed by atoms with E-state index in [1.165, 1.54) is 9.80 Å². The van der Waals surface area contributed by atoms with E-state index in [1.807, 2.05) is 54.6 Å². The number of urea groups is 1. The van der Waals surface area contributed by atoms with Crippen LogP contribution >= 0.6 is 11.8 Å². The van der Waals surface area contributed by atoms with Gasteiger partial charge in [0.2, 0.25) is 0 Å². The Balaban J connectivity index is 1.62. The van der Waals surface area contributed by atoms with Crippen LogP contribution < -0.4 is 5.32 Å². The lowest BCUT2D eigenvalue weighted by Crippen LogP contribution is -2.32. The van der Waals surface area contributed by atoms with Crippen LogP contribution in [0.3, 0.4) is 0 Å². The lowest BCUT2D eigenvalue weighted by molar-refractivity contribution is -0.127. The minimum atomic E-state index is -0.535. The minimum absolute atomic E-state index is 0.0550. The molecule has 0 spiro atoms. The molecule has 1 N–H and O–H groups in total. The summed E-state index contributed by atoms with van der Waals surface area (Å²) in [7, 11) is 3.40. The van der Waals surface area contributed by atoms with Crippen molar-refractivity contribution < 1.29 is 14.4 Å². The van der Waals surface area contributed by atoms with Crippen molar-refractivity contribution in [3.63, 3.8) is 0 Å². The molecule has 2 aromatic carbocycles. The minimum Gasteiger partial charge on any atom is -0.339 e. The van der Waals surface area contributed by atoms with Crippen molar-refractivity contribution in [2.24, 2.45) is 0 Å². The van der Waals surface area contributed by atoms with Gasteiger partial charge in [-0.05, 0) is 35.0 Å². The second kappa shape index (κ2) is 8.26. The molecule has 4 amide bonds. The van der Waals surface area contributed by atoms with Crippen LogP contribution in [0.2, 0.25) is 0 Å². The second-order valence-corrected chi connectivity index (χ2v) is 7.55. The average molecular weight is 383 g/mol. The molecule has 1 aliphatic rings. The summed E-state index contributed by atoms with van der Waals surface area (Å²) in [6.07, 6.45) is 0.476. The third kappa shape index (κ3) is 4.68. The van der Waals surface area contributed by atoms with Gasteiger partial charge in [0.05, 0.1) is 6.54 Å². The number of nitrogens with zero attached hydrogens (tertiary/aromatic N) is 2. The normalized spacial score (nSPS) is 16.4. The van der Waals surface area contributed by atoms with Gasteiger partial charge in [0.1, 0.15) is 6.04 Å². The Kier molecular flexibility index (Phi) is 5.81. The molecule has 2 aromatic rings. The van der Waals surface area contributed by atoms with Gasteiger partial charge in [-0.25, -0.2) is 4.79 Å². The lowest BCUT2D eigenvalue weighted by Gasteiger charge is -2.14. The quantitative estimate of drug-likeness (QED) is 0.636. The van der Waals surface area contributed by atoms with Gasteiger partial charge in [-0.1, -0.05) is 42.5 Å². The Morgan fingerprint density at radius 1 is 1.04 bits per heavy atom. The number of carbonyl (C=O) groups is 3. The Bertz CT molecular complexity index is 837. The summed E-state index contributed by atoms with van der Waals surface area (Å²) in [4.78, 5) is 40.1. The first kappa shape index (κ1) is 19.0. The van der Waals surface area contributed by atoms with Crippen molar-refractivity contribution in [1.29, 1.82) is 0 Å². The summed E-state index contributed by atoms with van der Waals surface area (Å²) in [5, 5.41) is 2.70. The first-order valence-electron chi connectivity index (χ1n) is 8.58. The van der Waals surface area contributed by atoms with E-state index in [-0.39, 0.29) is 23.7 Å². The lowest BCUT2D eigenvalue weighted by atomic mass is 10.1. The molecule has 0 aliphatic carbocycles. The maximum atomic E-state index is 12.6. The molecule has 6 nitrogen and oxygen atoms in total. The van der Waals surface area contributed by atoms with Crippen LogP contribution in [-0.4, -0.2) is 47.1 Å². The maximum absolute atomic E-state index is 12.6. The van der Waals surface area contributed by atoms with Crippen molar-refractivity contribution in [1.82, 2.24) is 15.1 Å². The summed E-state index contributed by atoms with van der Waals surface area (Å²) in [6.45, 7) is 0.211. The van der Waals surface area contributed by atoms with Crippen molar-refractivity contribution in [2.45, 2.75) is 23.9 Å². The molecule has 1 heterocycles. The van der Waals surface area contributed by atoms with E-state index in [0.717, 1.165) is 27.8 Å². The Morgan fingerprint density at radius 2 is 1.70 bits per heavy atom. The fourth-order valence-corrected chi connectivity index (χ4v) is 3.41. The van der Waals surface area contributed by atoms with Crippen molar-refractivity contribution in [3.8, 4) is 0 Å². The molecule has 140 valence electrons. The van der Waals surface area contributed by atoms with Gasteiger partial charge in [-0.2, -0.15) is 0 Å². The van der Waals surface area contributed by atoms with E-state index < -0.39 is 6.04 Å². The van der Waals surface area contributed by atoms with Gasteiger partial charge in [0.25, 0.3) is 11.1 Å². The van der Waals surface area contributed by atoms with E-state index in [4.69, 9.17) is 0 Å². The highest BCUT2D eigenvalue weighted by atomic mass is 32.2. The Labute approximate surface area is 162 Å². The average Bonchev–Trinajstić information content (AvgIpc) is 2.91. The molecular weight excluding hydrogens is 362 g/mol. The summed E-state index contributed by atoms with van der Waals surface area (Å²) in [6, 6.07) is 16.0. The number of nitrogens with one attached hydrogen (secondary N) is 1. The second-order valence-electron chi connectivity index (χ2n) is 6.52. The SMILES string of the molecule is CN(C)C(=O)Sc1ccc(CN2C(=O)NC(Cc3ccccc3)C2=O)cc1. The monoisotopic (exact) mass is 383 g/mol. The number of benzene rings is 2. The van der Waals surface area contributed by atoms with E-state index in [1.54, 1.807) is 14.1 Å². The van der Waals surface area contributed by atoms with Crippen LogP contribution in [0.1, 0.15) is 11.1 Å². The fourth-order valence-electron chi connectivity index (χ4n) is 2.75. The molecular formula is C20H21N3O3S. The third-order valence-corrected chi connectivity index (χ3v) is 5.27. The number of imide groups is 1. The van der Waals surface area contributed by atoms with E-state index in [2.05, 4.69) is 5.32 Å². The van der Waals surface area contributed by atoms with Crippen LogP contribution in [0.25, 0.3) is 0 Å². The molecule has 0 bridgehead atoms. The zero-order valence-corrected chi connectivity index (χ0v) is 16.0. The molecule has 1 unspecified atom stereocenters. The maximum Gasteiger partial charge on any atom is 0.325 e. The van der Waals surface area contributed by atoms with Gasteiger partial charge in [-0.15, -0.1) is 0 Å². The predicted molar refractivity (Wildman–Crippen MR) is 104 cm³/mol. The van der Waals surface area contributed by atoms with E-state index >= 15 is 0 Å². The van der Waals surface area contributed by atoms with Crippen LogP contribution in [-0.2, 0) is 17.8 Å². The molecule has 1 fully saturated rings. The number of carbonyl (C=O) groups excluding carboxylic acids is 3. The molecule has 27 heavy (non-hydrogen) atoms. The van der Waals surface area contributed by atoms with Crippen molar-refractivity contribution in [2.75, 3.05) is 14.1 Å². The summed E-state index contributed by atoms with van der Waals surface area (Å²) in [5.41, 5.74) is 1.84. The zero-order chi connectivity index (χ0) is 19.4. The van der Waals surface area contributed by atoms with Crippen molar-refractivity contribution >= 4 is 28.9 Å². The molecule has 1 saturated heterocycles. The van der Waals surface area contributed by atoms with Gasteiger partial charge in [-0.3, -0.25) is 14.5 Å². The first-order valence-corrected chi connectivity index (χ1v) is 9.39. The molecule has 1 atom stereocenters. The number of hydrogen-bond donors (Lipinski definition) is 1. The summed E-state index contributed by atoms with van der Waals surface area (Å²) in [5.74, 6) is -0.218. The van der Waals surface area contributed by atoms with Crippen LogP contribution in [0.4, 0.5) is 9.59 Å². The largest absolute Gasteiger partial charge is 0.339 e. The van der Waals surface area contributed by atoms with Gasteiger partial charge in [0, 0.05) is 25.4 Å². The number of thioether (sulfide) groups is 1. The Morgan fingerprint density at radius 3 is 2.33 bits per heavy atom. The Hall–Kier alpha value is -2.80. The predicted octanol–water partition coefficient (Wildman–Crippen LogP) is 3.12. The van der Waals surface area contributed by atoms with Gasteiger partial charge < -0.3 is 10.2 Å². The summed E-state index contributed by atoms with van der Waals surface area (Å²) >= 11 is 1.13. The van der Waals surface area contributed by atoms with Crippen LogP contribution in [0.15, 0.2) is 59.5 Å². The molecule has 7 heteroatoms. The van der Waals surface area contributed by atoms with Crippen LogP contribution in [0, 0.1) is 0 Å². The highest BCUT2D eigenvalue weighted by Gasteiger charge is 2.37. The smallest absolute Gasteiger partial charge is 0.325 e. The molecule has 0 radical (unpaired) electrons. The number of rotatable bonds is 5. The fraction of sp³-hybridized carbons (Fsp3) is 0.250. The van der Waals surface area contributed by atoms with Gasteiger partial charge >= 0.3 is 6.03 Å².